The molecule has 0 radical (unpaired) electrons. The maximum Gasteiger partial charge on any atom is 0.0829 e. The van der Waals surface area contributed by atoms with Crippen LogP contribution in [0.5, 0.6) is 0 Å². The molecule has 0 bridgehead atoms. The first kappa shape index (κ1) is 14.6. The van der Waals surface area contributed by atoms with Gasteiger partial charge in [-0.25, -0.2) is 0 Å². The number of hydrogen-bond donors (Lipinski definition) is 0. The Hall–Kier alpha value is 0.170. The zero-order valence-corrected chi connectivity index (χ0v) is 12.7. The van der Waals surface area contributed by atoms with Crippen LogP contribution < -0.4 is 0 Å². The molecule has 106 valence electrons. The Kier molecular flexibility index (Phi) is 5.31. The van der Waals surface area contributed by atoms with Crippen molar-refractivity contribution in [2.24, 2.45) is 5.92 Å². The molecule has 1 heterocycles. The van der Waals surface area contributed by atoms with E-state index in [4.69, 9.17) is 16.3 Å². The number of halogens is 1. The molecule has 1 unspecified atom stereocenters. The summed E-state index contributed by atoms with van der Waals surface area (Å²) in [6.45, 7) is 9.78. The third-order valence-electron chi connectivity index (χ3n) is 4.16. The first-order chi connectivity index (χ1) is 8.54. The first-order valence-electron chi connectivity index (χ1n) is 7.23. The van der Waals surface area contributed by atoms with Gasteiger partial charge in [0.05, 0.1) is 12.7 Å². The molecule has 1 aliphatic carbocycles. The van der Waals surface area contributed by atoms with Crippen molar-refractivity contribution in [1.82, 2.24) is 9.80 Å². The van der Waals surface area contributed by atoms with Crippen LogP contribution in [0.4, 0.5) is 0 Å². The second kappa shape index (κ2) is 6.56. The Bertz CT molecular complexity index is 256. The van der Waals surface area contributed by atoms with Crippen LogP contribution in [-0.4, -0.2) is 67.2 Å². The summed E-state index contributed by atoms with van der Waals surface area (Å²) in [7, 11) is 2.21. The summed E-state index contributed by atoms with van der Waals surface area (Å²) in [5, 5.41) is 0.436. The molecule has 1 aliphatic heterocycles. The summed E-state index contributed by atoms with van der Waals surface area (Å²) in [6.07, 6.45) is 2.75. The van der Waals surface area contributed by atoms with Crippen molar-refractivity contribution >= 4 is 11.6 Å². The van der Waals surface area contributed by atoms with Crippen molar-refractivity contribution in [2.45, 2.75) is 44.2 Å². The second-order valence-electron chi connectivity index (χ2n) is 6.24. The molecule has 2 rings (SSSR count). The van der Waals surface area contributed by atoms with E-state index < -0.39 is 0 Å². The number of rotatable bonds is 5. The quantitative estimate of drug-likeness (QED) is 0.714. The highest BCUT2D eigenvalue weighted by molar-refractivity contribution is 6.21. The third-order valence-corrected chi connectivity index (χ3v) is 4.52. The zero-order valence-electron chi connectivity index (χ0n) is 11.9. The highest BCUT2D eigenvalue weighted by atomic mass is 35.5. The Morgan fingerprint density at radius 1 is 1.33 bits per heavy atom. The lowest BCUT2D eigenvalue weighted by atomic mass is 9.84. The van der Waals surface area contributed by atoms with E-state index in [1.165, 1.54) is 19.4 Å². The van der Waals surface area contributed by atoms with Crippen LogP contribution >= 0.6 is 11.6 Å². The van der Waals surface area contributed by atoms with E-state index in [1.807, 2.05) is 0 Å². The SMILES string of the molecule is CC(C)N1CCOC(CN(C)CC2CC(Cl)C2)C1. The third kappa shape index (κ3) is 4.09. The fourth-order valence-electron chi connectivity index (χ4n) is 2.99. The Morgan fingerprint density at radius 2 is 2.06 bits per heavy atom. The molecule has 2 aliphatic rings. The monoisotopic (exact) mass is 274 g/mol. The van der Waals surface area contributed by atoms with Crippen LogP contribution in [0.1, 0.15) is 26.7 Å². The van der Waals surface area contributed by atoms with E-state index in [9.17, 15) is 0 Å². The molecule has 0 amide bonds. The number of morpholine rings is 1. The Labute approximate surface area is 116 Å². The van der Waals surface area contributed by atoms with Gasteiger partial charge in [0.25, 0.3) is 0 Å². The van der Waals surface area contributed by atoms with Crippen molar-refractivity contribution < 1.29 is 4.74 Å². The van der Waals surface area contributed by atoms with Gasteiger partial charge in [0.2, 0.25) is 0 Å². The molecule has 3 nitrogen and oxygen atoms in total. The van der Waals surface area contributed by atoms with Gasteiger partial charge < -0.3 is 9.64 Å². The molecule has 0 aromatic carbocycles. The lowest BCUT2D eigenvalue weighted by molar-refractivity contribution is -0.0514. The first-order valence-corrected chi connectivity index (χ1v) is 7.66. The van der Waals surface area contributed by atoms with Gasteiger partial charge in [-0.2, -0.15) is 0 Å². The molecular formula is C14H27ClN2O. The fourth-order valence-corrected chi connectivity index (χ4v) is 3.49. The largest absolute Gasteiger partial charge is 0.374 e. The van der Waals surface area contributed by atoms with Gasteiger partial charge in [0.15, 0.2) is 0 Å². The van der Waals surface area contributed by atoms with Crippen molar-refractivity contribution in [3.05, 3.63) is 0 Å². The molecule has 0 aromatic heterocycles. The topological polar surface area (TPSA) is 15.7 Å². The second-order valence-corrected chi connectivity index (χ2v) is 6.85. The number of alkyl halides is 1. The maximum absolute atomic E-state index is 6.02. The summed E-state index contributed by atoms with van der Waals surface area (Å²) >= 11 is 6.02. The predicted octanol–water partition coefficient (Wildman–Crippen LogP) is 2.04. The smallest absolute Gasteiger partial charge is 0.0829 e. The van der Waals surface area contributed by atoms with Crippen molar-refractivity contribution in [2.75, 3.05) is 39.8 Å². The molecule has 18 heavy (non-hydrogen) atoms. The molecule has 1 saturated carbocycles. The van der Waals surface area contributed by atoms with Crippen LogP contribution in [0, 0.1) is 5.92 Å². The van der Waals surface area contributed by atoms with Crippen LogP contribution in [0.3, 0.4) is 0 Å². The number of ether oxygens (including phenoxy) is 1. The van der Waals surface area contributed by atoms with Crippen LogP contribution in [0.15, 0.2) is 0 Å². The summed E-state index contributed by atoms with van der Waals surface area (Å²) < 4.78 is 5.87. The predicted molar refractivity (Wildman–Crippen MR) is 76.3 cm³/mol. The Balaban J connectivity index is 1.68. The number of hydrogen-bond acceptors (Lipinski definition) is 3. The molecule has 2 fully saturated rings. The van der Waals surface area contributed by atoms with Gasteiger partial charge in [0.1, 0.15) is 0 Å². The molecule has 0 spiro atoms. The lowest BCUT2D eigenvalue weighted by Gasteiger charge is -2.39. The molecule has 4 heteroatoms. The van der Waals surface area contributed by atoms with E-state index in [0.717, 1.165) is 32.2 Å². The van der Waals surface area contributed by atoms with Crippen LogP contribution in [0.2, 0.25) is 0 Å². The Morgan fingerprint density at radius 3 is 2.67 bits per heavy atom. The van der Waals surface area contributed by atoms with Crippen LogP contribution in [-0.2, 0) is 4.74 Å². The normalized spacial score (nSPS) is 34.0. The zero-order chi connectivity index (χ0) is 13.1. The standard InChI is InChI=1S/C14H27ClN2O/c1-11(2)17-4-5-18-14(10-17)9-16(3)8-12-6-13(15)7-12/h11-14H,4-10H2,1-3H3. The maximum atomic E-state index is 6.02. The van der Waals surface area contributed by atoms with Gasteiger partial charge in [-0.15, -0.1) is 11.6 Å². The van der Waals surface area contributed by atoms with Crippen LogP contribution in [0.25, 0.3) is 0 Å². The number of likely N-dealkylation sites (N-methyl/N-ethyl adjacent to an activating group) is 1. The van der Waals surface area contributed by atoms with Gasteiger partial charge in [-0.1, -0.05) is 0 Å². The van der Waals surface area contributed by atoms with Crippen molar-refractivity contribution in [3.63, 3.8) is 0 Å². The minimum absolute atomic E-state index is 0.373. The minimum atomic E-state index is 0.373. The molecule has 1 atom stereocenters. The molecule has 0 N–H and O–H groups in total. The number of nitrogens with zero attached hydrogens (tertiary/aromatic N) is 2. The van der Waals surface area contributed by atoms with E-state index in [-0.39, 0.29) is 0 Å². The highest BCUT2D eigenvalue weighted by Gasteiger charge is 2.29. The summed E-state index contributed by atoms with van der Waals surface area (Å²) in [4.78, 5) is 4.93. The van der Waals surface area contributed by atoms with E-state index in [1.54, 1.807) is 0 Å². The lowest BCUT2D eigenvalue weighted by Crippen LogP contribution is -2.50. The summed E-state index contributed by atoms with van der Waals surface area (Å²) in [5.74, 6) is 0.808. The molecule has 1 saturated heterocycles. The summed E-state index contributed by atoms with van der Waals surface area (Å²) in [6, 6.07) is 0.630. The molecular weight excluding hydrogens is 248 g/mol. The summed E-state index contributed by atoms with van der Waals surface area (Å²) in [5.41, 5.74) is 0. The van der Waals surface area contributed by atoms with Gasteiger partial charge >= 0.3 is 0 Å². The average Bonchev–Trinajstić information content (AvgIpc) is 2.27. The van der Waals surface area contributed by atoms with E-state index >= 15 is 0 Å². The van der Waals surface area contributed by atoms with Gasteiger partial charge in [-0.05, 0) is 39.7 Å². The van der Waals surface area contributed by atoms with Gasteiger partial charge in [0, 0.05) is 37.6 Å². The van der Waals surface area contributed by atoms with E-state index in [2.05, 4.69) is 30.7 Å². The van der Waals surface area contributed by atoms with E-state index in [0.29, 0.717) is 17.5 Å². The fraction of sp³-hybridized carbons (Fsp3) is 1.00. The highest BCUT2D eigenvalue weighted by Crippen LogP contribution is 2.32. The van der Waals surface area contributed by atoms with Gasteiger partial charge in [-0.3, -0.25) is 4.90 Å². The molecule has 0 aromatic rings. The van der Waals surface area contributed by atoms with Crippen molar-refractivity contribution in [3.8, 4) is 0 Å². The average molecular weight is 275 g/mol. The van der Waals surface area contributed by atoms with Crippen molar-refractivity contribution in [1.29, 1.82) is 0 Å². The minimum Gasteiger partial charge on any atom is -0.374 e.